The average Bonchev–Trinajstić information content (AvgIpc) is 2.44. The van der Waals surface area contributed by atoms with E-state index < -0.39 is 5.54 Å². The van der Waals surface area contributed by atoms with Gasteiger partial charge in [-0.1, -0.05) is 13.8 Å². The summed E-state index contributed by atoms with van der Waals surface area (Å²) in [7, 11) is 1.47. The molecular formula is C16H32N2O2. The Morgan fingerprint density at radius 1 is 1.55 bits per heavy atom. The summed E-state index contributed by atoms with van der Waals surface area (Å²) in [5.74, 6) is 0.613. The van der Waals surface area contributed by atoms with Crippen LogP contribution in [0.4, 0.5) is 0 Å². The van der Waals surface area contributed by atoms with Crippen molar-refractivity contribution in [2.75, 3.05) is 26.7 Å². The lowest BCUT2D eigenvalue weighted by Crippen LogP contribution is -2.55. The Balaban J connectivity index is 2.65. The molecule has 0 aromatic heterocycles. The molecule has 1 N–H and O–H groups in total. The minimum Gasteiger partial charge on any atom is -0.468 e. The summed E-state index contributed by atoms with van der Waals surface area (Å²) in [5, 5.41) is 3.38. The maximum absolute atomic E-state index is 12.1. The first-order valence-corrected chi connectivity index (χ1v) is 8.00. The van der Waals surface area contributed by atoms with E-state index in [9.17, 15) is 4.79 Å². The lowest BCUT2D eigenvalue weighted by molar-refractivity contribution is -0.148. The summed E-state index contributed by atoms with van der Waals surface area (Å²) >= 11 is 0. The first-order chi connectivity index (χ1) is 9.42. The Labute approximate surface area is 124 Å². The molecule has 0 aromatic rings. The molecule has 3 unspecified atom stereocenters. The van der Waals surface area contributed by atoms with E-state index >= 15 is 0 Å². The monoisotopic (exact) mass is 284 g/mol. The van der Waals surface area contributed by atoms with E-state index in [0.717, 1.165) is 38.4 Å². The number of rotatable bonds is 7. The number of methoxy groups -OCH3 is 1. The number of piperidine rings is 1. The van der Waals surface area contributed by atoms with Crippen molar-refractivity contribution in [2.45, 2.75) is 65.0 Å². The average molecular weight is 284 g/mol. The summed E-state index contributed by atoms with van der Waals surface area (Å²) in [6.07, 6.45) is 4.41. The molecule has 20 heavy (non-hydrogen) atoms. The summed E-state index contributed by atoms with van der Waals surface area (Å²) in [5.41, 5.74) is -0.579. The molecule has 0 bridgehead atoms. The number of nitrogens with one attached hydrogen (secondary N) is 1. The van der Waals surface area contributed by atoms with Gasteiger partial charge in [0.25, 0.3) is 0 Å². The van der Waals surface area contributed by atoms with Gasteiger partial charge in [0.1, 0.15) is 5.54 Å². The Kier molecular flexibility index (Phi) is 6.96. The van der Waals surface area contributed by atoms with Crippen molar-refractivity contribution in [1.82, 2.24) is 10.2 Å². The number of carbonyl (C=O) groups excluding carboxylic acids is 1. The van der Waals surface area contributed by atoms with Gasteiger partial charge in [0.15, 0.2) is 0 Å². The minimum atomic E-state index is -0.579. The van der Waals surface area contributed by atoms with Crippen LogP contribution in [0.1, 0.15) is 53.4 Å². The minimum absolute atomic E-state index is 0.150. The topological polar surface area (TPSA) is 41.6 Å². The zero-order valence-electron chi connectivity index (χ0n) is 13.9. The van der Waals surface area contributed by atoms with E-state index in [4.69, 9.17) is 4.74 Å². The van der Waals surface area contributed by atoms with Crippen LogP contribution in [0, 0.1) is 5.92 Å². The number of esters is 1. The Morgan fingerprint density at radius 3 is 2.80 bits per heavy atom. The van der Waals surface area contributed by atoms with Crippen LogP contribution in [0.5, 0.6) is 0 Å². The molecule has 1 fully saturated rings. The zero-order chi connectivity index (χ0) is 15.2. The molecule has 1 saturated heterocycles. The quantitative estimate of drug-likeness (QED) is 0.729. The van der Waals surface area contributed by atoms with Gasteiger partial charge in [-0.25, -0.2) is 0 Å². The van der Waals surface area contributed by atoms with E-state index in [2.05, 4.69) is 31.0 Å². The van der Waals surface area contributed by atoms with Gasteiger partial charge in [-0.2, -0.15) is 0 Å². The smallest absolute Gasteiger partial charge is 0.325 e. The highest BCUT2D eigenvalue weighted by Gasteiger charge is 2.37. The summed E-state index contributed by atoms with van der Waals surface area (Å²) in [6.45, 7) is 11.8. The molecule has 118 valence electrons. The molecule has 1 rings (SSSR count). The zero-order valence-corrected chi connectivity index (χ0v) is 13.9. The third-order valence-electron chi connectivity index (χ3n) is 4.42. The van der Waals surface area contributed by atoms with Gasteiger partial charge in [0, 0.05) is 12.6 Å². The molecule has 1 aliphatic rings. The van der Waals surface area contributed by atoms with Crippen LogP contribution in [-0.2, 0) is 9.53 Å². The second-order valence-electron chi connectivity index (χ2n) is 6.55. The van der Waals surface area contributed by atoms with Crippen molar-refractivity contribution in [3.63, 3.8) is 0 Å². The van der Waals surface area contributed by atoms with Crippen LogP contribution >= 0.6 is 0 Å². The maximum atomic E-state index is 12.1. The van der Waals surface area contributed by atoms with Gasteiger partial charge in [-0.05, 0) is 58.5 Å². The lowest BCUT2D eigenvalue weighted by Gasteiger charge is -2.39. The lowest BCUT2D eigenvalue weighted by atomic mass is 9.90. The molecule has 0 saturated carbocycles. The molecular weight excluding hydrogens is 252 g/mol. The third-order valence-corrected chi connectivity index (χ3v) is 4.42. The number of carbonyl (C=O) groups is 1. The normalized spacial score (nSPS) is 24.9. The predicted octanol–water partition coefficient (Wildman–Crippen LogP) is 2.43. The summed E-state index contributed by atoms with van der Waals surface area (Å²) in [6, 6.07) is 0.395. The van der Waals surface area contributed by atoms with Crippen LogP contribution in [0.2, 0.25) is 0 Å². The molecule has 0 aliphatic carbocycles. The van der Waals surface area contributed by atoms with E-state index in [-0.39, 0.29) is 5.97 Å². The Hall–Kier alpha value is -0.610. The molecule has 0 spiro atoms. The third kappa shape index (κ3) is 4.74. The standard InChI is InChI=1S/C16H32N2O2/c1-6-9-17-16(4,15(19)20-5)11-14(3)18-10-7-8-13(2)12-18/h13-14,17H,6-12H2,1-5H3. The van der Waals surface area contributed by atoms with Crippen molar-refractivity contribution >= 4 is 5.97 Å². The maximum Gasteiger partial charge on any atom is 0.325 e. The predicted molar refractivity (Wildman–Crippen MR) is 82.8 cm³/mol. The second-order valence-corrected chi connectivity index (χ2v) is 6.55. The number of likely N-dealkylation sites (tertiary alicyclic amines) is 1. The highest BCUT2D eigenvalue weighted by atomic mass is 16.5. The molecule has 1 aliphatic heterocycles. The van der Waals surface area contributed by atoms with Crippen molar-refractivity contribution < 1.29 is 9.53 Å². The number of nitrogens with zero attached hydrogens (tertiary/aromatic N) is 1. The van der Waals surface area contributed by atoms with E-state index in [1.165, 1.54) is 20.0 Å². The van der Waals surface area contributed by atoms with Gasteiger partial charge in [0.05, 0.1) is 7.11 Å². The van der Waals surface area contributed by atoms with Gasteiger partial charge < -0.3 is 15.0 Å². The van der Waals surface area contributed by atoms with Crippen molar-refractivity contribution in [1.29, 1.82) is 0 Å². The molecule has 3 atom stereocenters. The first kappa shape index (κ1) is 17.4. The van der Waals surface area contributed by atoms with Crippen molar-refractivity contribution in [3.05, 3.63) is 0 Å². The number of hydrogen-bond donors (Lipinski definition) is 1. The van der Waals surface area contributed by atoms with E-state index in [0.29, 0.717) is 6.04 Å². The largest absolute Gasteiger partial charge is 0.468 e. The molecule has 0 aromatic carbocycles. The van der Waals surface area contributed by atoms with Crippen molar-refractivity contribution in [2.24, 2.45) is 5.92 Å². The van der Waals surface area contributed by atoms with Crippen LogP contribution < -0.4 is 5.32 Å². The summed E-state index contributed by atoms with van der Waals surface area (Å²) < 4.78 is 5.00. The van der Waals surface area contributed by atoms with Crippen LogP contribution in [0.25, 0.3) is 0 Å². The fraction of sp³-hybridized carbons (Fsp3) is 0.938. The van der Waals surface area contributed by atoms with E-state index in [1.807, 2.05) is 6.92 Å². The molecule has 4 nitrogen and oxygen atoms in total. The SMILES string of the molecule is CCCNC(C)(CC(C)N1CCCC(C)C1)C(=O)OC. The van der Waals surface area contributed by atoms with Crippen LogP contribution in [0.3, 0.4) is 0 Å². The van der Waals surface area contributed by atoms with Gasteiger partial charge in [-0.15, -0.1) is 0 Å². The second kappa shape index (κ2) is 7.99. The first-order valence-electron chi connectivity index (χ1n) is 8.00. The van der Waals surface area contributed by atoms with Crippen LogP contribution in [0.15, 0.2) is 0 Å². The Morgan fingerprint density at radius 2 is 2.25 bits per heavy atom. The highest BCUT2D eigenvalue weighted by Crippen LogP contribution is 2.23. The van der Waals surface area contributed by atoms with Gasteiger partial charge in [0.2, 0.25) is 0 Å². The Bertz CT molecular complexity index is 309. The van der Waals surface area contributed by atoms with Gasteiger partial charge in [-0.3, -0.25) is 4.79 Å². The molecule has 0 radical (unpaired) electrons. The molecule has 0 amide bonds. The fourth-order valence-corrected chi connectivity index (χ4v) is 3.20. The van der Waals surface area contributed by atoms with Crippen molar-refractivity contribution in [3.8, 4) is 0 Å². The van der Waals surface area contributed by atoms with Gasteiger partial charge >= 0.3 is 5.97 Å². The molecule has 1 heterocycles. The highest BCUT2D eigenvalue weighted by molar-refractivity contribution is 5.80. The summed E-state index contributed by atoms with van der Waals surface area (Å²) in [4.78, 5) is 14.6. The fourth-order valence-electron chi connectivity index (χ4n) is 3.20. The van der Waals surface area contributed by atoms with Crippen LogP contribution in [-0.4, -0.2) is 49.2 Å². The van der Waals surface area contributed by atoms with E-state index in [1.54, 1.807) is 0 Å². The number of hydrogen-bond acceptors (Lipinski definition) is 4. The number of ether oxygens (including phenoxy) is 1. The molecule has 4 heteroatoms.